The van der Waals surface area contributed by atoms with E-state index >= 15 is 0 Å². The van der Waals surface area contributed by atoms with E-state index in [2.05, 4.69) is 17.4 Å². The number of hydrogen-bond acceptors (Lipinski definition) is 3. The van der Waals surface area contributed by atoms with E-state index in [1.807, 2.05) is 49.4 Å². The molecule has 3 aromatic carbocycles. The lowest BCUT2D eigenvalue weighted by Gasteiger charge is -2.17. The van der Waals surface area contributed by atoms with E-state index in [4.69, 9.17) is 0 Å². The Morgan fingerprint density at radius 2 is 1.47 bits per heavy atom. The molecule has 32 heavy (non-hydrogen) atoms. The Balaban J connectivity index is 1.55. The smallest absolute Gasteiger partial charge is 0.331 e. The molecule has 0 aliphatic heterocycles. The van der Waals surface area contributed by atoms with Gasteiger partial charge in [0.2, 0.25) is 5.91 Å². The molecular formula is C26H25N3O3. The molecule has 4 aromatic rings. The summed E-state index contributed by atoms with van der Waals surface area (Å²) in [4.78, 5) is 38.2. The quantitative estimate of drug-likeness (QED) is 0.510. The van der Waals surface area contributed by atoms with Gasteiger partial charge < -0.3 is 5.32 Å². The molecule has 0 saturated carbocycles. The lowest BCUT2D eigenvalue weighted by molar-refractivity contribution is -0.122. The maximum absolute atomic E-state index is 12.8. The fourth-order valence-electron chi connectivity index (χ4n) is 3.91. The van der Waals surface area contributed by atoms with Gasteiger partial charge in [0.05, 0.1) is 16.9 Å². The Bertz CT molecular complexity index is 1370. The van der Waals surface area contributed by atoms with Crippen LogP contribution in [0, 0.1) is 0 Å². The van der Waals surface area contributed by atoms with Crippen molar-refractivity contribution < 1.29 is 4.79 Å². The minimum absolute atomic E-state index is 0.161. The van der Waals surface area contributed by atoms with Crippen LogP contribution in [-0.2, 0) is 17.9 Å². The lowest BCUT2D eigenvalue weighted by atomic mass is 10.0. The number of hydrogen-bond donors (Lipinski definition) is 1. The third-order valence-electron chi connectivity index (χ3n) is 5.65. The molecule has 4 rings (SSSR count). The zero-order valence-corrected chi connectivity index (χ0v) is 18.1. The van der Waals surface area contributed by atoms with Gasteiger partial charge in [-0.15, -0.1) is 0 Å². The Morgan fingerprint density at radius 1 is 0.844 bits per heavy atom. The zero-order valence-electron chi connectivity index (χ0n) is 18.1. The second-order valence-corrected chi connectivity index (χ2v) is 7.71. The number of nitrogens with one attached hydrogen (secondary N) is 1. The fraction of sp³-hybridized carbons (Fsp3) is 0.192. The summed E-state index contributed by atoms with van der Waals surface area (Å²) in [5.74, 6) is -0.293. The Hall–Kier alpha value is -3.93. The van der Waals surface area contributed by atoms with E-state index in [9.17, 15) is 14.4 Å². The molecule has 6 heteroatoms. The summed E-state index contributed by atoms with van der Waals surface area (Å²) < 4.78 is 2.52. The molecule has 1 aromatic heterocycles. The van der Waals surface area contributed by atoms with Crippen molar-refractivity contribution in [1.82, 2.24) is 14.5 Å². The van der Waals surface area contributed by atoms with Crippen molar-refractivity contribution in [1.29, 1.82) is 0 Å². The number of nitrogens with zero attached hydrogens (tertiary/aromatic N) is 2. The number of carbonyl (C=O) groups excluding carboxylic acids is 1. The van der Waals surface area contributed by atoms with E-state index in [-0.39, 0.29) is 30.6 Å². The van der Waals surface area contributed by atoms with Crippen LogP contribution in [0.15, 0.2) is 88.5 Å². The van der Waals surface area contributed by atoms with E-state index in [1.54, 1.807) is 31.2 Å². The van der Waals surface area contributed by atoms with Crippen LogP contribution in [0.5, 0.6) is 0 Å². The van der Waals surface area contributed by atoms with Crippen LogP contribution in [-0.4, -0.2) is 15.0 Å². The van der Waals surface area contributed by atoms with Gasteiger partial charge in [0, 0.05) is 6.54 Å². The summed E-state index contributed by atoms with van der Waals surface area (Å²) in [6.45, 7) is 3.73. The molecule has 0 saturated heterocycles. The normalized spacial score (nSPS) is 11.9. The number of aromatic nitrogens is 2. The molecule has 0 fully saturated rings. The minimum atomic E-state index is -0.480. The Morgan fingerprint density at radius 3 is 2.16 bits per heavy atom. The topological polar surface area (TPSA) is 73.1 Å². The second-order valence-electron chi connectivity index (χ2n) is 7.71. The second kappa shape index (κ2) is 9.06. The lowest BCUT2D eigenvalue weighted by Crippen LogP contribution is -2.42. The third kappa shape index (κ3) is 4.12. The Labute approximate surface area is 185 Å². The van der Waals surface area contributed by atoms with Crippen molar-refractivity contribution in [2.24, 2.45) is 0 Å². The van der Waals surface area contributed by atoms with Gasteiger partial charge in [-0.1, -0.05) is 66.7 Å². The van der Waals surface area contributed by atoms with E-state index in [1.165, 1.54) is 4.57 Å². The molecular weight excluding hydrogens is 402 g/mol. The zero-order chi connectivity index (χ0) is 22.7. The monoisotopic (exact) mass is 427 g/mol. The molecule has 1 heterocycles. The number of amides is 1. The van der Waals surface area contributed by atoms with Crippen molar-refractivity contribution in [3.8, 4) is 11.1 Å². The van der Waals surface area contributed by atoms with Crippen LogP contribution in [0.2, 0.25) is 0 Å². The highest BCUT2D eigenvalue weighted by Gasteiger charge is 2.16. The van der Waals surface area contributed by atoms with Crippen LogP contribution in [0.1, 0.15) is 25.5 Å². The van der Waals surface area contributed by atoms with Gasteiger partial charge in [-0.25, -0.2) is 4.79 Å². The molecule has 1 amide bonds. The fourth-order valence-corrected chi connectivity index (χ4v) is 3.91. The predicted octanol–water partition coefficient (Wildman–Crippen LogP) is 3.73. The van der Waals surface area contributed by atoms with Crippen molar-refractivity contribution in [3.05, 3.63) is 105 Å². The maximum Gasteiger partial charge on any atom is 0.331 e. The summed E-state index contributed by atoms with van der Waals surface area (Å²) >= 11 is 0. The maximum atomic E-state index is 12.8. The van der Waals surface area contributed by atoms with Gasteiger partial charge in [-0.05, 0) is 42.7 Å². The van der Waals surface area contributed by atoms with Crippen molar-refractivity contribution in [2.45, 2.75) is 33.0 Å². The van der Waals surface area contributed by atoms with Crippen molar-refractivity contribution in [2.75, 3.05) is 0 Å². The average Bonchev–Trinajstić information content (AvgIpc) is 2.83. The molecule has 0 aliphatic rings. The first-order valence-electron chi connectivity index (χ1n) is 10.7. The molecule has 0 bridgehead atoms. The first kappa shape index (κ1) is 21.3. The van der Waals surface area contributed by atoms with E-state index in [0.29, 0.717) is 10.9 Å². The molecule has 6 nitrogen and oxygen atoms in total. The van der Waals surface area contributed by atoms with Gasteiger partial charge in [0.25, 0.3) is 5.56 Å². The molecule has 0 spiro atoms. The largest absolute Gasteiger partial charge is 0.348 e. The third-order valence-corrected chi connectivity index (χ3v) is 5.65. The van der Waals surface area contributed by atoms with Gasteiger partial charge in [-0.3, -0.25) is 18.7 Å². The van der Waals surface area contributed by atoms with Crippen molar-refractivity contribution >= 4 is 16.8 Å². The van der Waals surface area contributed by atoms with Crippen LogP contribution < -0.4 is 16.6 Å². The van der Waals surface area contributed by atoms with Crippen LogP contribution in [0.4, 0.5) is 0 Å². The number of benzene rings is 3. The van der Waals surface area contributed by atoms with Gasteiger partial charge in [-0.2, -0.15) is 0 Å². The summed E-state index contributed by atoms with van der Waals surface area (Å²) in [6.07, 6.45) is 0. The number of fused-ring (bicyclic) bond motifs is 1. The van der Waals surface area contributed by atoms with Crippen molar-refractivity contribution in [3.63, 3.8) is 0 Å². The number of carbonyl (C=O) groups is 1. The standard InChI is InChI=1S/C26H25N3O3/c1-3-28-25(31)22-11-7-8-12-23(22)29(26(28)32)17-24(30)27-18(2)19-13-15-21(16-14-19)20-9-5-4-6-10-20/h4-16,18H,3,17H2,1-2H3,(H,27,30). The molecule has 1 atom stereocenters. The molecule has 0 aliphatic carbocycles. The van der Waals surface area contributed by atoms with Gasteiger partial charge >= 0.3 is 5.69 Å². The first-order chi connectivity index (χ1) is 15.5. The summed E-state index contributed by atoms with van der Waals surface area (Å²) in [7, 11) is 0. The van der Waals surface area contributed by atoms with Crippen LogP contribution >= 0.6 is 0 Å². The summed E-state index contributed by atoms with van der Waals surface area (Å²) in [5, 5.41) is 3.38. The Kier molecular flexibility index (Phi) is 6.03. The first-order valence-corrected chi connectivity index (χ1v) is 10.7. The average molecular weight is 428 g/mol. The van der Waals surface area contributed by atoms with Gasteiger partial charge in [0.1, 0.15) is 6.54 Å². The summed E-state index contributed by atoms with van der Waals surface area (Å²) in [6, 6.07) is 24.8. The molecule has 1 unspecified atom stereocenters. The highest BCUT2D eigenvalue weighted by Crippen LogP contribution is 2.21. The number of para-hydroxylation sites is 1. The SMILES string of the molecule is CCn1c(=O)c2ccccc2n(CC(=O)NC(C)c2ccc(-c3ccccc3)cc2)c1=O. The molecule has 0 radical (unpaired) electrons. The van der Waals surface area contributed by atoms with Gasteiger partial charge in [0.15, 0.2) is 0 Å². The highest BCUT2D eigenvalue weighted by atomic mass is 16.2. The van der Waals surface area contributed by atoms with E-state index < -0.39 is 5.69 Å². The van der Waals surface area contributed by atoms with E-state index in [0.717, 1.165) is 21.3 Å². The molecule has 162 valence electrons. The minimum Gasteiger partial charge on any atom is -0.348 e. The predicted molar refractivity (Wildman–Crippen MR) is 127 cm³/mol. The highest BCUT2D eigenvalue weighted by molar-refractivity contribution is 5.81. The van der Waals surface area contributed by atoms with Crippen LogP contribution in [0.3, 0.4) is 0 Å². The van der Waals surface area contributed by atoms with Crippen LogP contribution in [0.25, 0.3) is 22.0 Å². The summed E-state index contributed by atoms with van der Waals surface area (Å²) in [5.41, 5.74) is 2.85. The molecule has 1 N–H and O–H groups in total. The number of rotatable bonds is 6.